The summed E-state index contributed by atoms with van der Waals surface area (Å²) in [5.74, 6) is -0.490. The summed E-state index contributed by atoms with van der Waals surface area (Å²) in [5, 5.41) is 10.7. The van der Waals surface area contributed by atoms with Crippen molar-refractivity contribution in [1.82, 2.24) is 0 Å². The highest BCUT2D eigenvalue weighted by Crippen LogP contribution is 2.45. The summed E-state index contributed by atoms with van der Waals surface area (Å²) >= 11 is 0. The Balaban J connectivity index is 5.25. The van der Waals surface area contributed by atoms with Gasteiger partial charge in [-0.05, 0) is 37.5 Å². The summed E-state index contributed by atoms with van der Waals surface area (Å²) in [5.41, 5.74) is 0. The smallest absolute Gasteiger partial charge is 0.462 e. The number of esters is 4. The molecular weight excluding hydrogens is 1390 g/mol. The van der Waals surface area contributed by atoms with E-state index in [1.807, 2.05) is 0 Å². The summed E-state index contributed by atoms with van der Waals surface area (Å²) in [6.45, 7) is 9.74. The molecule has 0 aliphatic rings. The van der Waals surface area contributed by atoms with Gasteiger partial charge in [0.05, 0.1) is 26.4 Å². The van der Waals surface area contributed by atoms with Crippen LogP contribution in [0.3, 0.4) is 0 Å². The van der Waals surface area contributed by atoms with Crippen molar-refractivity contribution in [3.8, 4) is 0 Å². The molecule has 0 heterocycles. The second kappa shape index (κ2) is 79.3. The summed E-state index contributed by atoms with van der Waals surface area (Å²) in [6.07, 6.45) is 72.1. The van der Waals surface area contributed by atoms with Gasteiger partial charge < -0.3 is 33.8 Å². The molecule has 0 saturated heterocycles. The van der Waals surface area contributed by atoms with Gasteiger partial charge in [-0.25, -0.2) is 9.13 Å². The molecule has 0 spiro atoms. The number of unbranched alkanes of at least 4 members (excludes halogenated alkanes) is 57. The van der Waals surface area contributed by atoms with E-state index in [1.54, 1.807) is 0 Å². The predicted octanol–water partition coefficient (Wildman–Crippen LogP) is 27.0. The molecule has 0 aliphatic carbocycles. The van der Waals surface area contributed by atoms with Crippen LogP contribution in [0, 0.1) is 11.8 Å². The van der Waals surface area contributed by atoms with Crippen LogP contribution in [0.4, 0.5) is 0 Å². The zero-order valence-corrected chi connectivity index (χ0v) is 72.2. The number of rotatable bonds is 87. The lowest BCUT2D eigenvalue weighted by Gasteiger charge is -2.21. The molecule has 5 atom stereocenters. The molecule has 0 rings (SSSR count). The predicted molar refractivity (Wildman–Crippen MR) is 442 cm³/mol. The molecule has 19 heteroatoms. The van der Waals surface area contributed by atoms with Crippen LogP contribution in [0.1, 0.15) is 472 Å². The Bertz CT molecular complexity index is 2050. The van der Waals surface area contributed by atoms with Crippen LogP contribution >= 0.6 is 15.6 Å². The van der Waals surface area contributed by atoms with E-state index in [0.29, 0.717) is 25.7 Å². The fourth-order valence-corrected chi connectivity index (χ4v) is 15.4. The third-order valence-corrected chi connectivity index (χ3v) is 22.6. The van der Waals surface area contributed by atoms with Gasteiger partial charge in [0.1, 0.15) is 19.3 Å². The van der Waals surface area contributed by atoms with E-state index in [2.05, 4.69) is 41.5 Å². The molecule has 0 amide bonds. The highest BCUT2D eigenvalue weighted by Gasteiger charge is 2.30. The third kappa shape index (κ3) is 81.9. The van der Waals surface area contributed by atoms with Gasteiger partial charge >= 0.3 is 39.5 Å². The summed E-state index contributed by atoms with van der Waals surface area (Å²) in [7, 11) is -9.93. The minimum absolute atomic E-state index is 0.108. The number of phosphoric ester groups is 2. The zero-order chi connectivity index (χ0) is 78.5. The van der Waals surface area contributed by atoms with Gasteiger partial charge in [-0.15, -0.1) is 0 Å². The van der Waals surface area contributed by atoms with Gasteiger partial charge in [-0.1, -0.05) is 420 Å². The molecule has 2 unspecified atom stereocenters. The number of hydrogen-bond donors (Lipinski definition) is 3. The molecule has 0 aliphatic heterocycles. The fraction of sp³-hybridized carbons (Fsp3) is 0.955. The Kier molecular flexibility index (Phi) is 77.9. The molecule has 636 valence electrons. The van der Waals surface area contributed by atoms with Crippen LogP contribution in [0.5, 0.6) is 0 Å². The minimum atomic E-state index is -4.97. The molecular formula is C88H172O17P2. The maximum atomic E-state index is 13.2. The van der Waals surface area contributed by atoms with Gasteiger partial charge in [0.25, 0.3) is 0 Å². The summed E-state index contributed by atoms with van der Waals surface area (Å²) < 4.78 is 69.0. The van der Waals surface area contributed by atoms with Crippen molar-refractivity contribution >= 4 is 39.5 Å². The normalized spacial score (nSPS) is 13.8. The first-order chi connectivity index (χ1) is 51.9. The minimum Gasteiger partial charge on any atom is -0.462 e. The Labute approximate surface area is 658 Å². The zero-order valence-electron chi connectivity index (χ0n) is 70.5. The first-order valence-corrected chi connectivity index (χ1v) is 48.5. The number of carbonyl (C=O) groups excluding carboxylic acids is 4. The van der Waals surface area contributed by atoms with Crippen molar-refractivity contribution in [2.24, 2.45) is 11.8 Å². The number of hydrogen-bond acceptors (Lipinski definition) is 15. The quantitative estimate of drug-likeness (QED) is 0.0222. The van der Waals surface area contributed by atoms with E-state index in [1.165, 1.54) is 289 Å². The largest absolute Gasteiger partial charge is 0.472 e. The molecule has 0 radical (unpaired) electrons. The molecule has 0 saturated carbocycles. The molecule has 17 nitrogen and oxygen atoms in total. The molecule has 0 bridgehead atoms. The standard InChI is InChI=1S/C88H172O17P2/c1-7-9-11-13-15-17-19-21-22-23-27-30-35-41-47-53-59-65-71-86(91)99-77-84(104-87(92)72-66-60-54-48-42-36-31-28-25-24-26-29-33-38-44-50-56-62-68-80(3)4)79-103-107(96,97)101-75-82(89)74-100-106(94,95)102-78-83(76-98-85(90)70-64-58-52-46-40-20-18-16-14-12-10-8-2)105-88(93)73-67-61-55-49-43-37-32-34-39-45-51-57-63-69-81(5)6/h80-84,89H,7-79H2,1-6H3,(H,94,95)(H,96,97)/t82-,83+,84+/m0/s1. The van der Waals surface area contributed by atoms with Gasteiger partial charge in [-0.2, -0.15) is 0 Å². The lowest BCUT2D eigenvalue weighted by molar-refractivity contribution is -0.161. The highest BCUT2D eigenvalue weighted by molar-refractivity contribution is 7.47. The van der Waals surface area contributed by atoms with Crippen molar-refractivity contribution in [2.45, 2.75) is 490 Å². The average Bonchev–Trinajstić information content (AvgIpc) is 0.903. The number of aliphatic hydroxyl groups is 1. The van der Waals surface area contributed by atoms with Gasteiger partial charge in [0.2, 0.25) is 0 Å². The Hall–Kier alpha value is -1.94. The van der Waals surface area contributed by atoms with Crippen molar-refractivity contribution in [2.75, 3.05) is 39.6 Å². The van der Waals surface area contributed by atoms with Crippen molar-refractivity contribution in [3.05, 3.63) is 0 Å². The average molecular weight is 1560 g/mol. The Morgan fingerprint density at radius 1 is 0.252 bits per heavy atom. The lowest BCUT2D eigenvalue weighted by Crippen LogP contribution is -2.30. The maximum absolute atomic E-state index is 13.2. The molecule has 0 aromatic carbocycles. The topological polar surface area (TPSA) is 237 Å². The van der Waals surface area contributed by atoms with Crippen molar-refractivity contribution in [3.63, 3.8) is 0 Å². The van der Waals surface area contributed by atoms with Crippen LogP contribution in [0.15, 0.2) is 0 Å². The maximum Gasteiger partial charge on any atom is 0.472 e. The second-order valence-electron chi connectivity index (χ2n) is 32.6. The lowest BCUT2D eigenvalue weighted by atomic mass is 10.0. The monoisotopic (exact) mass is 1560 g/mol. The highest BCUT2D eigenvalue weighted by atomic mass is 31.2. The molecule has 0 aromatic heterocycles. The van der Waals surface area contributed by atoms with E-state index in [9.17, 15) is 43.2 Å². The first-order valence-electron chi connectivity index (χ1n) is 45.5. The van der Waals surface area contributed by atoms with Crippen LogP contribution in [0.2, 0.25) is 0 Å². The SMILES string of the molecule is CCCCCCCCCCCCCCCCCCCCC(=O)OC[C@H](COP(=O)(O)OC[C@@H](O)COP(=O)(O)OC[C@@H](COC(=O)CCCCCCCCCCCCCC)OC(=O)CCCCCCCCCCCCCCCC(C)C)OC(=O)CCCCCCCCCCCCCCCCCCCCC(C)C. The van der Waals surface area contributed by atoms with Crippen LogP contribution < -0.4 is 0 Å². The number of phosphoric acid groups is 2. The first kappa shape index (κ1) is 105. The van der Waals surface area contributed by atoms with E-state index >= 15 is 0 Å². The molecule has 0 fully saturated rings. The van der Waals surface area contributed by atoms with Gasteiger partial charge in [0, 0.05) is 25.7 Å². The number of aliphatic hydroxyl groups excluding tert-OH is 1. The van der Waals surface area contributed by atoms with E-state index in [4.69, 9.17) is 37.0 Å². The van der Waals surface area contributed by atoms with E-state index < -0.39 is 97.5 Å². The molecule has 107 heavy (non-hydrogen) atoms. The number of ether oxygens (including phenoxy) is 4. The van der Waals surface area contributed by atoms with Crippen LogP contribution in [-0.4, -0.2) is 96.7 Å². The fourth-order valence-electron chi connectivity index (χ4n) is 13.8. The van der Waals surface area contributed by atoms with Crippen molar-refractivity contribution in [1.29, 1.82) is 0 Å². The van der Waals surface area contributed by atoms with E-state index in [0.717, 1.165) is 102 Å². The third-order valence-electron chi connectivity index (χ3n) is 20.7. The van der Waals surface area contributed by atoms with Crippen LogP contribution in [0.25, 0.3) is 0 Å². The molecule has 0 aromatic rings. The van der Waals surface area contributed by atoms with E-state index in [-0.39, 0.29) is 25.7 Å². The van der Waals surface area contributed by atoms with Crippen molar-refractivity contribution < 1.29 is 80.2 Å². The summed E-state index contributed by atoms with van der Waals surface area (Å²) in [6, 6.07) is 0. The van der Waals surface area contributed by atoms with Crippen LogP contribution in [-0.2, 0) is 65.4 Å². The summed E-state index contributed by atoms with van der Waals surface area (Å²) in [4.78, 5) is 73.3. The van der Waals surface area contributed by atoms with Gasteiger partial charge in [0.15, 0.2) is 12.2 Å². The Morgan fingerprint density at radius 3 is 0.636 bits per heavy atom. The second-order valence-corrected chi connectivity index (χ2v) is 35.5. The molecule has 3 N–H and O–H groups in total. The number of carbonyl (C=O) groups is 4. The Morgan fingerprint density at radius 2 is 0.430 bits per heavy atom. The van der Waals surface area contributed by atoms with Gasteiger partial charge in [-0.3, -0.25) is 37.3 Å².